The van der Waals surface area contributed by atoms with E-state index >= 15 is 0 Å². The fourth-order valence-electron chi connectivity index (χ4n) is 6.78. The molecule has 53 heavy (non-hydrogen) atoms. The van der Waals surface area contributed by atoms with Gasteiger partial charge in [-0.15, -0.1) is 0 Å². The zero-order chi connectivity index (χ0) is 39.7. The molecule has 1 aliphatic rings. The van der Waals surface area contributed by atoms with Crippen LogP contribution in [0, 0.1) is 6.92 Å². The molecule has 4 aromatic rings. The lowest BCUT2D eigenvalue weighted by atomic mass is 9.92. The van der Waals surface area contributed by atoms with Crippen LogP contribution < -0.4 is 10.4 Å². The summed E-state index contributed by atoms with van der Waals surface area (Å²) in [5.41, 5.74) is -0.0396. The summed E-state index contributed by atoms with van der Waals surface area (Å²) in [4.78, 5) is 25.5. The van der Waals surface area contributed by atoms with E-state index in [1.165, 1.54) is 12.1 Å². The van der Waals surface area contributed by atoms with Crippen molar-refractivity contribution in [1.82, 2.24) is 0 Å². The molecule has 1 fully saturated rings. The Morgan fingerprint density at radius 2 is 1.36 bits per heavy atom. The quantitative estimate of drug-likeness (QED) is 0.0829. The number of benzene rings is 4. The molecule has 282 valence electrons. The molecule has 0 radical (unpaired) electrons. The van der Waals surface area contributed by atoms with E-state index in [-0.39, 0.29) is 24.5 Å². The van der Waals surface area contributed by atoms with Gasteiger partial charge in [0.15, 0.2) is 6.10 Å². The van der Waals surface area contributed by atoms with E-state index < -0.39 is 79.9 Å². The van der Waals surface area contributed by atoms with Gasteiger partial charge in [0, 0.05) is 23.0 Å². The second kappa shape index (κ2) is 16.9. The van der Waals surface area contributed by atoms with Crippen molar-refractivity contribution < 1.29 is 48.3 Å². The van der Waals surface area contributed by atoms with Crippen molar-refractivity contribution in [3.05, 3.63) is 126 Å². The number of hydrogen-bond donors (Lipinski definition) is 0. The van der Waals surface area contributed by atoms with E-state index in [4.69, 9.17) is 30.3 Å². The predicted molar refractivity (Wildman–Crippen MR) is 202 cm³/mol. The Kier molecular flexibility index (Phi) is 11.8. The normalized spacial score (nSPS) is 21.0. The largest absolute Gasteiger partial charge is 0.453 e. The molecule has 1 saturated heterocycles. The highest BCUT2D eigenvalue weighted by Crippen LogP contribution is 2.43. The lowest BCUT2D eigenvalue weighted by molar-refractivity contribution is -0.209. The van der Waals surface area contributed by atoms with Crippen LogP contribution in [0.5, 0.6) is 0 Å². The summed E-state index contributed by atoms with van der Waals surface area (Å²) in [6.07, 6.45) is -4.45. The van der Waals surface area contributed by atoms with Crippen LogP contribution >= 0.6 is 0 Å². The average Bonchev–Trinajstić information content (AvgIpc) is 3.45. The Morgan fingerprint density at radius 3 is 1.91 bits per heavy atom. The summed E-state index contributed by atoms with van der Waals surface area (Å²) in [7, 11) is -7.55. The first kappa shape index (κ1) is 37.2. The first-order valence-corrected chi connectivity index (χ1v) is 20.6. The SMILES string of the molecule is [2H]CC(=O)OC1O[C@](CCOS(=O)(=O)c2ccc(C)cc2)(CO[Si](c2ccccc2)(c2ccccc2)C(C)(C)C)[C@@H](OCc2ccccc2)[C@H]1OC(=O)C[2H]. The van der Waals surface area contributed by atoms with Gasteiger partial charge in [0.25, 0.3) is 18.4 Å². The summed E-state index contributed by atoms with van der Waals surface area (Å²) in [5, 5.41) is 1.42. The number of aryl methyl sites for hydroxylation is 1. The van der Waals surface area contributed by atoms with Crippen LogP contribution in [0.15, 0.2) is 120 Å². The predicted octanol–water partition coefficient (Wildman–Crippen LogP) is 5.84. The summed E-state index contributed by atoms with van der Waals surface area (Å²) in [5.74, 6) is -1.89. The Hall–Kier alpha value is -4.17. The molecule has 1 aliphatic heterocycles. The van der Waals surface area contributed by atoms with Gasteiger partial charge in [-0.2, -0.15) is 8.42 Å². The van der Waals surface area contributed by atoms with Gasteiger partial charge < -0.3 is 23.4 Å². The fourth-order valence-corrected chi connectivity index (χ4v) is 12.3. The van der Waals surface area contributed by atoms with Gasteiger partial charge in [-0.25, -0.2) is 0 Å². The molecule has 1 heterocycles. The zero-order valence-corrected chi connectivity index (χ0v) is 32.3. The third-order valence-electron chi connectivity index (χ3n) is 9.25. The maximum absolute atomic E-state index is 13.4. The highest BCUT2D eigenvalue weighted by Gasteiger charge is 2.61. The van der Waals surface area contributed by atoms with Gasteiger partial charge in [-0.05, 0) is 40.0 Å². The molecule has 4 aromatic carbocycles. The minimum absolute atomic E-state index is 0.00755. The highest BCUT2D eigenvalue weighted by molar-refractivity contribution is 7.86. The Labute approximate surface area is 316 Å². The average molecular weight is 763 g/mol. The van der Waals surface area contributed by atoms with Crippen molar-refractivity contribution in [2.45, 2.75) is 88.6 Å². The molecular formula is C41H48O10SSi. The molecule has 0 amide bonds. The Morgan fingerprint density at radius 1 is 0.811 bits per heavy atom. The van der Waals surface area contributed by atoms with Gasteiger partial charge in [0.2, 0.25) is 6.29 Å². The summed E-state index contributed by atoms with van der Waals surface area (Å²) >= 11 is 0. The molecule has 0 bridgehead atoms. The molecule has 4 atom stereocenters. The molecule has 5 rings (SSSR count). The van der Waals surface area contributed by atoms with Crippen molar-refractivity contribution in [3.8, 4) is 0 Å². The monoisotopic (exact) mass is 762 g/mol. The van der Waals surface area contributed by atoms with Gasteiger partial charge >= 0.3 is 11.9 Å². The van der Waals surface area contributed by atoms with Crippen LogP contribution in [0.3, 0.4) is 0 Å². The van der Waals surface area contributed by atoms with Crippen LogP contribution in [-0.2, 0) is 53.9 Å². The third-order valence-corrected chi connectivity index (χ3v) is 15.6. The van der Waals surface area contributed by atoms with E-state index in [1.807, 2.05) is 97.9 Å². The van der Waals surface area contributed by atoms with Gasteiger partial charge in [0.05, 0.1) is 24.7 Å². The molecule has 0 aromatic heterocycles. The maximum Gasteiger partial charge on any atom is 0.305 e. The van der Waals surface area contributed by atoms with Crippen molar-refractivity contribution in [2.24, 2.45) is 0 Å². The molecule has 0 spiro atoms. The van der Waals surface area contributed by atoms with Gasteiger partial charge in [-0.1, -0.05) is 129 Å². The molecule has 10 nitrogen and oxygen atoms in total. The number of esters is 2. The third kappa shape index (κ3) is 9.32. The number of hydrogen-bond acceptors (Lipinski definition) is 10. The van der Waals surface area contributed by atoms with Crippen molar-refractivity contribution in [3.63, 3.8) is 0 Å². The number of rotatable bonds is 15. The second-order valence-corrected chi connectivity index (χ2v) is 19.9. The Bertz CT molecular complexity index is 1920. The van der Waals surface area contributed by atoms with E-state index in [0.29, 0.717) is 0 Å². The first-order chi connectivity index (χ1) is 26.2. The van der Waals surface area contributed by atoms with E-state index in [9.17, 15) is 18.0 Å². The number of ether oxygens (including phenoxy) is 4. The van der Waals surface area contributed by atoms with E-state index in [2.05, 4.69) is 20.8 Å². The van der Waals surface area contributed by atoms with Crippen molar-refractivity contribution in [2.75, 3.05) is 13.2 Å². The minimum Gasteiger partial charge on any atom is -0.453 e. The topological polar surface area (TPSA) is 124 Å². The van der Waals surface area contributed by atoms with Crippen LogP contribution in [0.4, 0.5) is 0 Å². The lowest BCUT2D eigenvalue weighted by Gasteiger charge is -2.45. The number of carbonyl (C=O) groups is 2. The smallest absolute Gasteiger partial charge is 0.305 e. The number of carbonyl (C=O) groups excluding carboxylic acids is 2. The van der Waals surface area contributed by atoms with Gasteiger partial charge in [0.1, 0.15) is 11.7 Å². The van der Waals surface area contributed by atoms with Crippen LogP contribution in [-0.4, -0.2) is 66.0 Å². The molecule has 12 heteroatoms. The summed E-state index contributed by atoms with van der Waals surface area (Å²) in [6, 6.07) is 35.2. The standard InChI is InChI=1S/C41H48O10SSi/c1-30-22-24-34(25-23-30)52(44,45)47-27-26-41(29-48-53(40(4,5)6,35-18-12-8-13-19-35)36-20-14-9-15-21-36)38(46-28-33-16-10-7-11-17-33)37(49-31(2)42)39(51-41)50-32(3)43/h7-25,37-39H,26-29H2,1-6H3/t37-,38+,39?,41-/m1/s1/i2D,3D. The Balaban J connectivity index is 1.64. The molecule has 1 unspecified atom stereocenters. The van der Waals surface area contributed by atoms with Crippen LogP contribution in [0.1, 0.15) is 54.9 Å². The van der Waals surface area contributed by atoms with Crippen molar-refractivity contribution in [1.29, 1.82) is 0 Å². The molecule has 0 saturated carbocycles. The minimum atomic E-state index is -4.24. The van der Waals surface area contributed by atoms with Gasteiger partial charge in [-0.3, -0.25) is 13.8 Å². The van der Waals surface area contributed by atoms with Crippen LogP contribution in [0.25, 0.3) is 0 Å². The summed E-state index contributed by atoms with van der Waals surface area (Å²) in [6.45, 7) is 5.95. The second-order valence-electron chi connectivity index (χ2n) is 14.0. The zero-order valence-electron chi connectivity index (χ0n) is 32.4. The van der Waals surface area contributed by atoms with Crippen LogP contribution in [0.2, 0.25) is 5.04 Å². The van der Waals surface area contributed by atoms with E-state index in [1.54, 1.807) is 12.1 Å². The van der Waals surface area contributed by atoms with E-state index in [0.717, 1.165) is 21.5 Å². The lowest BCUT2D eigenvalue weighted by Crippen LogP contribution is -2.68. The van der Waals surface area contributed by atoms with Crippen molar-refractivity contribution >= 4 is 40.7 Å². The molecule has 0 N–H and O–H groups in total. The maximum atomic E-state index is 13.4. The first-order valence-electron chi connectivity index (χ1n) is 18.7. The molecular weight excluding hydrogens is 713 g/mol. The summed E-state index contributed by atoms with van der Waals surface area (Å²) < 4.78 is 79.7. The highest BCUT2D eigenvalue weighted by atomic mass is 32.2. The fraction of sp³-hybridized carbons (Fsp3) is 0.366. The molecule has 0 aliphatic carbocycles.